The van der Waals surface area contributed by atoms with Gasteiger partial charge in [-0.25, -0.2) is 0 Å². The molecule has 2 fully saturated rings. The first kappa shape index (κ1) is 15.7. The largest absolute Gasteiger partial charge is 0.393 e. The van der Waals surface area contributed by atoms with E-state index in [1.807, 2.05) is 20.9 Å². The lowest BCUT2D eigenvalue weighted by molar-refractivity contribution is -0.169. The summed E-state index contributed by atoms with van der Waals surface area (Å²) in [6.07, 6.45) is -3.86. The highest BCUT2D eigenvalue weighted by atomic mass is 19.4. The number of hydrogen-bond acceptors (Lipinski definition) is 3. The van der Waals surface area contributed by atoms with Gasteiger partial charge in [0, 0.05) is 19.1 Å². The van der Waals surface area contributed by atoms with Crippen molar-refractivity contribution in [1.29, 1.82) is 0 Å². The number of nitrogens with one attached hydrogen (secondary N) is 1. The molecule has 0 saturated carbocycles. The fourth-order valence-electron chi connectivity index (χ4n) is 2.18. The third-order valence-electron chi connectivity index (χ3n) is 3.44. The fraction of sp³-hybridized carbons (Fsp3) is 1.00. The minimum absolute atomic E-state index is 0.0442. The highest BCUT2D eigenvalue weighted by Crippen LogP contribution is 2.32. The van der Waals surface area contributed by atoms with Crippen molar-refractivity contribution in [3.63, 3.8) is 0 Å². The van der Waals surface area contributed by atoms with Gasteiger partial charge in [-0.05, 0) is 13.5 Å². The fourth-order valence-corrected chi connectivity index (χ4v) is 2.18. The van der Waals surface area contributed by atoms with Gasteiger partial charge in [-0.15, -0.1) is 0 Å². The van der Waals surface area contributed by atoms with E-state index in [1.165, 1.54) is 0 Å². The van der Waals surface area contributed by atoms with Crippen molar-refractivity contribution in [2.45, 2.75) is 38.5 Å². The standard InChI is InChI=1S/C10H17F3N2O.C2H6/c1-15(9-5-16-6-9)4-8-2-7(3-14-8)10(11,12)13;1-2/h7-9,14H,2-6H2,1H3;1-2H3. The van der Waals surface area contributed by atoms with Crippen molar-refractivity contribution < 1.29 is 17.9 Å². The van der Waals surface area contributed by atoms with Gasteiger partial charge in [-0.1, -0.05) is 13.8 Å². The second-order valence-electron chi connectivity index (χ2n) is 4.71. The van der Waals surface area contributed by atoms with Gasteiger partial charge in [0.05, 0.1) is 25.2 Å². The van der Waals surface area contributed by atoms with Gasteiger partial charge in [0.25, 0.3) is 0 Å². The van der Waals surface area contributed by atoms with Gasteiger partial charge in [0.1, 0.15) is 0 Å². The third kappa shape index (κ3) is 4.10. The highest BCUT2D eigenvalue weighted by molar-refractivity contribution is 4.88. The van der Waals surface area contributed by atoms with Crippen LogP contribution in [0.1, 0.15) is 20.3 Å². The molecule has 2 aliphatic heterocycles. The van der Waals surface area contributed by atoms with Crippen molar-refractivity contribution in [2.75, 3.05) is 33.4 Å². The van der Waals surface area contributed by atoms with Gasteiger partial charge in [-0.2, -0.15) is 13.2 Å². The summed E-state index contributed by atoms with van der Waals surface area (Å²) in [4.78, 5) is 2.08. The molecular formula is C12H23F3N2O. The molecule has 2 saturated heterocycles. The van der Waals surface area contributed by atoms with Crippen LogP contribution >= 0.6 is 0 Å². The van der Waals surface area contributed by atoms with Gasteiger partial charge >= 0.3 is 6.18 Å². The molecule has 0 aromatic rings. The van der Waals surface area contributed by atoms with E-state index >= 15 is 0 Å². The van der Waals surface area contributed by atoms with E-state index in [0.717, 1.165) is 0 Å². The average molecular weight is 268 g/mol. The predicted molar refractivity (Wildman–Crippen MR) is 64.5 cm³/mol. The lowest BCUT2D eigenvalue weighted by Gasteiger charge is -2.36. The zero-order chi connectivity index (χ0) is 13.8. The average Bonchev–Trinajstić information content (AvgIpc) is 2.66. The zero-order valence-corrected chi connectivity index (χ0v) is 11.3. The molecule has 1 N–H and O–H groups in total. The Balaban J connectivity index is 0.000000771. The van der Waals surface area contributed by atoms with Crippen LogP contribution in [0.4, 0.5) is 13.2 Å². The van der Waals surface area contributed by atoms with Crippen LogP contribution in [0.15, 0.2) is 0 Å². The van der Waals surface area contributed by atoms with E-state index in [0.29, 0.717) is 25.8 Å². The molecule has 0 bridgehead atoms. The van der Waals surface area contributed by atoms with Gasteiger partial charge < -0.3 is 10.1 Å². The van der Waals surface area contributed by atoms with Crippen molar-refractivity contribution in [3.8, 4) is 0 Å². The van der Waals surface area contributed by atoms with Crippen LogP contribution in [-0.4, -0.2) is 56.5 Å². The Bertz CT molecular complexity index is 244. The van der Waals surface area contributed by atoms with E-state index in [-0.39, 0.29) is 19.0 Å². The van der Waals surface area contributed by atoms with Gasteiger partial charge in [0.2, 0.25) is 0 Å². The summed E-state index contributed by atoms with van der Waals surface area (Å²) in [6, 6.07) is 0.337. The quantitative estimate of drug-likeness (QED) is 0.846. The second kappa shape index (κ2) is 6.73. The Hall–Kier alpha value is -0.330. The van der Waals surface area contributed by atoms with Crippen LogP contribution in [0.3, 0.4) is 0 Å². The topological polar surface area (TPSA) is 24.5 Å². The molecule has 6 heteroatoms. The molecule has 2 unspecified atom stereocenters. The van der Waals surface area contributed by atoms with E-state index in [4.69, 9.17) is 4.74 Å². The number of likely N-dealkylation sites (N-methyl/N-ethyl adjacent to an activating group) is 1. The van der Waals surface area contributed by atoms with Crippen LogP contribution < -0.4 is 5.32 Å². The van der Waals surface area contributed by atoms with Crippen LogP contribution in [0.5, 0.6) is 0 Å². The minimum Gasteiger partial charge on any atom is -0.378 e. The molecule has 0 radical (unpaired) electrons. The van der Waals surface area contributed by atoms with E-state index in [9.17, 15) is 13.2 Å². The summed E-state index contributed by atoms with van der Waals surface area (Å²) < 4.78 is 42.4. The van der Waals surface area contributed by atoms with Crippen molar-refractivity contribution in [1.82, 2.24) is 10.2 Å². The molecule has 0 amide bonds. The predicted octanol–water partition coefficient (Wildman–Crippen LogP) is 1.88. The Morgan fingerprint density at radius 2 is 1.89 bits per heavy atom. The van der Waals surface area contributed by atoms with Crippen LogP contribution in [-0.2, 0) is 4.74 Å². The number of nitrogens with zero attached hydrogens (tertiary/aromatic N) is 1. The summed E-state index contributed by atoms with van der Waals surface area (Å²) in [6.45, 7) is 6.13. The number of hydrogen-bond donors (Lipinski definition) is 1. The molecule has 0 aliphatic carbocycles. The minimum atomic E-state index is -4.06. The van der Waals surface area contributed by atoms with Crippen LogP contribution in [0.25, 0.3) is 0 Å². The van der Waals surface area contributed by atoms with Crippen molar-refractivity contribution >= 4 is 0 Å². The first-order chi connectivity index (χ1) is 8.47. The molecule has 2 heterocycles. The summed E-state index contributed by atoms with van der Waals surface area (Å²) in [5.74, 6) is -1.18. The zero-order valence-electron chi connectivity index (χ0n) is 11.3. The maximum Gasteiger partial charge on any atom is 0.393 e. The number of ether oxygens (including phenoxy) is 1. The van der Waals surface area contributed by atoms with E-state index < -0.39 is 12.1 Å². The summed E-state index contributed by atoms with van der Waals surface area (Å²) in [7, 11) is 1.94. The van der Waals surface area contributed by atoms with E-state index in [2.05, 4.69) is 10.2 Å². The lowest BCUT2D eigenvalue weighted by atomic mass is 10.0. The Morgan fingerprint density at radius 1 is 1.28 bits per heavy atom. The van der Waals surface area contributed by atoms with Crippen LogP contribution in [0.2, 0.25) is 0 Å². The Morgan fingerprint density at radius 3 is 2.28 bits per heavy atom. The SMILES string of the molecule is CC.CN(CC1CC(C(F)(F)F)CN1)C1COC1. The summed E-state index contributed by atoms with van der Waals surface area (Å²) in [5, 5.41) is 2.94. The Kier molecular flexibility index (Phi) is 5.88. The highest BCUT2D eigenvalue weighted by Gasteiger charge is 2.44. The Labute approximate surface area is 107 Å². The number of rotatable bonds is 3. The summed E-state index contributed by atoms with van der Waals surface area (Å²) >= 11 is 0. The molecule has 18 heavy (non-hydrogen) atoms. The van der Waals surface area contributed by atoms with Gasteiger partial charge in [-0.3, -0.25) is 4.90 Å². The number of halogens is 3. The smallest absolute Gasteiger partial charge is 0.378 e. The molecule has 2 atom stereocenters. The first-order valence-electron chi connectivity index (χ1n) is 6.55. The normalized spacial score (nSPS) is 28.8. The molecular weight excluding hydrogens is 245 g/mol. The molecule has 0 aromatic carbocycles. The van der Waals surface area contributed by atoms with E-state index in [1.54, 1.807) is 0 Å². The van der Waals surface area contributed by atoms with Crippen molar-refractivity contribution in [3.05, 3.63) is 0 Å². The molecule has 108 valence electrons. The third-order valence-corrected chi connectivity index (χ3v) is 3.44. The second-order valence-corrected chi connectivity index (χ2v) is 4.71. The molecule has 3 nitrogen and oxygen atoms in total. The first-order valence-corrected chi connectivity index (χ1v) is 6.55. The monoisotopic (exact) mass is 268 g/mol. The molecule has 0 spiro atoms. The molecule has 2 aliphatic rings. The van der Waals surface area contributed by atoms with Crippen LogP contribution in [0, 0.1) is 5.92 Å². The van der Waals surface area contributed by atoms with Crippen molar-refractivity contribution in [2.24, 2.45) is 5.92 Å². The maximum atomic E-state index is 12.4. The summed E-state index contributed by atoms with van der Waals surface area (Å²) in [5.41, 5.74) is 0. The maximum absolute atomic E-state index is 12.4. The molecule has 0 aromatic heterocycles. The lowest BCUT2D eigenvalue weighted by Crippen LogP contribution is -2.50. The molecule has 2 rings (SSSR count). The number of alkyl halides is 3. The van der Waals surface area contributed by atoms with Gasteiger partial charge in [0.15, 0.2) is 0 Å².